The average molecular weight is 276 g/mol. The molecule has 1 saturated heterocycles. The van der Waals surface area contributed by atoms with Gasteiger partial charge in [-0.3, -0.25) is 0 Å². The Morgan fingerprint density at radius 1 is 0.938 bits per heavy atom. The van der Waals surface area contributed by atoms with Crippen LogP contribution in [0.1, 0.15) is 12.8 Å². The molecule has 2 heteroatoms. The van der Waals surface area contributed by atoms with Gasteiger partial charge < -0.3 is 4.90 Å². The molecule has 2 aromatic carbocycles. The molecule has 0 unspecified atom stereocenters. The van der Waals surface area contributed by atoms with Crippen LogP contribution in [-0.4, -0.2) is 13.1 Å². The van der Waals surface area contributed by atoms with E-state index in [1.165, 1.54) is 46.9 Å². The molecule has 0 atom stereocenters. The summed E-state index contributed by atoms with van der Waals surface area (Å²) >= 11 is 3.75. The topological polar surface area (TPSA) is 3.24 Å². The Morgan fingerprint density at radius 2 is 1.69 bits per heavy atom. The van der Waals surface area contributed by atoms with Gasteiger partial charge in [-0.2, -0.15) is 0 Å². The predicted octanol–water partition coefficient (Wildman–Crippen LogP) is 4.20. The summed E-state index contributed by atoms with van der Waals surface area (Å²) in [6, 6.07) is 13.0. The van der Waals surface area contributed by atoms with Crippen LogP contribution < -0.4 is 4.90 Å². The van der Waals surface area contributed by atoms with Crippen LogP contribution in [0.2, 0.25) is 0 Å². The van der Waals surface area contributed by atoms with Gasteiger partial charge in [0.1, 0.15) is 0 Å². The van der Waals surface area contributed by atoms with Crippen molar-refractivity contribution in [1.82, 2.24) is 0 Å². The Bertz CT molecular complexity index is 515. The lowest BCUT2D eigenvalue weighted by Gasteiger charge is -2.20. The average Bonchev–Trinajstić information content (AvgIpc) is 2.83. The van der Waals surface area contributed by atoms with Crippen LogP contribution in [0.4, 0.5) is 5.69 Å². The van der Waals surface area contributed by atoms with E-state index in [1.54, 1.807) is 0 Å². The van der Waals surface area contributed by atoms with Crippen LogP contribution in [0, 0.1) is 0 Å². The van der Waals surface area contributed by atoms with Crippen LogP contribution in [0.5, 0.6) is 0 Å². The van der Waals surface area contributed by atoms with Gasteiger partial charge in [0.25, 0.3) is 0 Å². The zero-order chi connectivity index (χ0) is 11.0. The van der Waals surface area contributed by atoms with Crippen molar-refractivity contribution in [3.63, 3.8) is 0 Å². The highest BCUT2D eigenvalue weighted by Gasteiger charge is 2.15. The van der Waals surface area contributed by atoms with Gasteiger partial charge in [0.2, 0.25) is 0 Å². The number of fused-ring (bicyclic) bond motifs is 1. The molecule has 82 valence electrons. The molecule has 1 heterocycles. The van der Waals surface area contributed by atoms with E-state index in [2.05, 4.69) is 57.2 Å². The van der Waals surface area contributed by atoms with Gasteiger partial charge in [0.05, 0.1) is 5.69 Å². The zero-order valence-electron chi connectivity index (χ0n) is 9.12. The maximum absolute atomic E-state index is 3.75. The fourth-order valence-corrected chi connectivity index (χ4v) is 3.17. The Hall–Kier alpha value is -1.02. The Kier molecular flexibility index (Phi) is 2.60. The van der Waals surface area contributed by atoms with Crippen molar-refractivity contribution < 1.29 is 0 Å². The molecule has 0 aromatic heterocycles. The van der Waals surface area contributed by atoms with E-state index in [4.69, 9.17) is 0 Å². The number of halogens is 1. The van der Waals surface area contributed by atoms with Crippen molar-refractivity contribution in [3.05, 3.63) is 40.9 Å². The third-order valence-electron chi connectivity index (χ3n) is 3.29. The van der Waals surface area contributed by atoms with E-state index in [1.807, 2.05) is 0 Å². The first kappa shape index (κ1) is 10.2. The first-order valence-electron chi connectivity index (χ1n) is 5.78. The van der Waals surface area contributed by atoms with Crippen LogP contribution in [-0.2, 0) is 0 Å². The number of hydrogen-bond donors (Lipinski definition) is 0. The summed E-state index contributed by atoms with van der Waals surface area (Å²) in [7, 11) is 0. The molecule has 0 aliphatic carbocycles. The molecule has 0 saturated carbocycles. The predicted molar refractivity (Wildman–Crippen MR) is 73.1 cm³/mol. The molecular formula is C14H14BrN. The van der Waals surface area contributed by atoms with Crippen molar-refractivity contribution in [2.75, 3.05) is 18.0 Å². The Balaban J connectivity index is 2.15. The third kappa shape index (κ3) is 1.61. The Morgan fingerprint density at radius 3 is 2.50 bits per heavy atom. The standard InChI is InChI=1S/C14H14BrN/c15-14-12-6-2-1-5-11(12)7-8-13(14)16-9-3-4-10-16/h1-2,5-8H,3-4,9-10H2. The van der Waals surface area contributed by atoms with Crippen molar-refractivity contribution in [2.24, 2.45) is 0 Å². The molecular weight excluding hydrogens is 262 g/mol. The first-order valence-corrected chi connectivity index (χ1v) is 6.58. The fourth-order valence-electron chi connectivity index (χ4n) is 2.42. The summed E-state index contributed by atoms with van der Waals surface area (Å²) in [4.78, 5) is 2.47. The molecule has 1 aliphatic heterocycles. The van der Waals surface area contributed by atoms with Crippen molar-refractivity contribution in [1.29, 1.82) is 0 Å². The van der Waals surface area contributed by atoms with Crippen molar-refractivity contribution in [2.45, 2.75) is 12.8 Å². The number of hydrogen-bond acceptors (Lipinski definition) is 1. The molecule has 1 nitrogen and oxygen atoms in total. The molecule has 0 N–H and O–H groups in total. The lowest BCUT2D eigenvalue weighted by molar-refractivity contribution is 0.949. The smallest absolute Gasteiger partial charge is 0.0517 e. The van der Waals surface area contributed by atoms with Crippen LogP contribution in [0.3, 0.4) is 0 Å². The normalized spacial score (nSPS) is 15.9. The highest BCUT2D eigenvalue weighted by atomic mass is 79.9. The SMILES string of the molecule is Brc1c(N2CCCC2)ccc2ccccc12. The minimum atomic E-state index is 1.19. The molecule has 1 aliphatic rings. The summed E-state index contributed by atoms with van der Waals surface area (Å²) in [5.41, 5.74) is 1.34. The monoisotopic (exact) mass is 275 g/mol. The van der Waals surface area contributed by atoms with E-state index < -0.39 is 0 Å². The van der Waals surface area contributed by atoms with E-state index in [0.717, 1.165) is 0 Å². The van der Waals surface area contributed by atoms with Crippen molar-refractivity contribution >= 4 is 32.4 Å². The second-order valence-corrected chi connectivity index (χ2v) is 5.11. The summed E-state index contributed by atoms with van der Waals surface area (Å²) in [6.45, 7) is 2.38. The lowest BCUT2D eigenvalue weighted by Crippen LogP contribution is -2.17. The molecule has 2 aromatic rings. The van der Waals surface area contributed by atoms with Gasteiger partial charge >= 0.3 is 0 Å². The van der Waals surface area contributed by atoms with Crippen LogP contribution in [0.25, 0.3) is 10.8 Å². The second kappa shape index (κ2) is 4.10. The molecule has 0 bridgehead atoms. The highest BCUT2D eigenvalue weighted by molar-refractivity contribution is 9.10. The van der Waals surface area contributed by atoms with Gasteiger partial charge in [-0.1, -0.05) is 30.3 Å². The van der Waals surface area contributed by atoms with Gasteiger partial charge in [0.15, 0.2) is 0 Å². The van der Waals surface area contributed by atoms with Crippen molar-refractivity contribution in [3.8, 4) is 0 Å². The van der Waals surface area contributed by atoms with E-state index >= 15 is 0 Å². The van der Waals surface area contributed by atoms with E-state index in [0.29, 0.717) is 0 Å². The maximum atomic E-state index is 3.75. The van der Waals surface area contributed by atoms with E-state index in [-0.39, 0.29) is 0 Å². The lowest BCUT2D eigenvalue weighted by atomic mass is 10.1. The molecule has 16 heavy (non-hydrogen) atoms. The van der Waals surface area contributed by atoms with Crippen LogP contribution in [0.15, 0.2) is 40.9 Å². The molecule has 1 fully saturated rings. The summed E-state index contributed by atoms with van der Waals surface area (Å²) in [6.07, 6.45) is 2.64. The van der Waals surface area contributed by atoms with Gasteiger partial charge in [0, 0.05) is 17.6 Å². The summed E-state index contributed by atoms with van der Waals surface area (Å²) in [5, 5.41) is 2.62. The quantitative estimate of drug-likeness (QED) is 0.754. The van der Waals surface area contributed by atoms with E-state index in [9.17, 15) is 0 Å². The Labute approximate surface area is 104 Å². The van der Waals surface area contributed by atoms with Gasteiger partial charge in [-0.05, 0) is 45.6 Å². The van der Waals surface area contributed by atoms with Gasteiger partial charge in [-0.25, -0.2) is 0 Å². The first-order chi connectivity index (χ1) is 7.86. The number of nitrogens with zero attached hydrogens (tertiary/aromatic N) is 1. The number of rotatable bonds is 1. The zero-order valence-corrected chi connectivity index (χ0v) is 10.7. The molecule has 0 spiro atoms. The number of benzene rings is 2. The second-order valence-electron chi connectivity index (χ2n) is 4.31. The fraction of sp³-hybridized carbons (Fsp3) is 0.286. The summed E-state index contributed by atoms with van der Waals surface area (Å²) < 4.78 is 1.24. The maximum Gasteiger partial charge on any atom is 0.0517 e. The highest BCUT2D eigenvalue weighted by Crippen LogP contribution is 2.35. The third-order valence-corrected chi connectivity index (χ3v) is 4.12. The molecule has 0 radical (unpaired) electrons. The molecule has 3 rings (SSSR count). The minimum absolute atomic E-state index is 1.19. The number of anilines is 1. The summed E-state index contributed by atoms with van der Waals surface area (Å²) in [5.74, 6) is 0. The van der Waals surface area contributed by atoms with Gasteiger partial charge in [-0.15, -0.1) is 0 Å². The molecule has 0 amide bonds. The largest absolute Gasteiger partial charge is 0.371 e. The van der Waals surface area contributed by atoms with Crippen LogP contribution >= 0.6 is 15.9 Å². The minimum Gasteiger partial charge on any atom is -0.371 e.